The zero-order valence-electron chi connectivity index (χ0n) is 9.79. The molecular weight excluding hydrogens is 216 g/mol. The zero-order chi connectivity index (χ0) is 11.4. The summed E-state index contributed by atoms with van der Waals surface area (Å²) >= 11 is 1.88. The van der Waals surface area contributed by atoms with Crippen LogP contribution in [0.3, 0.4) is 0 Å². The number of aromatic amines is 1. The first-order chi connectivity index (χ1) is 7.79. The summed E-state index contributed by atoms with van der Waals surface area (Å²) in [4.78, 5) is 3.21. The first kappa shape index (κ1) is 11.6. The molecule has 0 aliphatic heterocycles. The van der Waals surface area contributed by atoms with Gasteiger partial charge in [-0.1, -0.05) is 6.07 Å². The number of benzene rings is 1. The largest absolute Gasteiger partial charge is 0.361 e. The molecule has 0 amide bonds. The lowest BCUT2D eigenvalue weighted by atomic mass is 10.1. The van der Waals surface area contributed by atoms with E-state index < -0.39 is 0 Å². The summed E-state index contributed by atoms with van der Waals surface area (Å²) in [5, 5.41) is 4.81. The van der Waals surface area contributed by atoms with Gasteiger partial charge in [0.15, 0.2) is 0 Å². The third-order valence-corrected chi connectivity index (χ3v) is 3.52. The highest BCUT2D eigenvalue weighted by Gasteiger charge is 2.01. The normalized spacial score (nSPS) is 13.1. The van der Waals surface area contributed by atoms with Crippen LogP contribution in [0.1, 0.15) is 12.5 Å². The van der Waals surface area contributed by atoms with Gasteiger partial charge < -0.3 is 10.3 Å². The second-order valence-electron chi connectivity index (χ2n) is 4.14. The van der Waals surface area contributed by atoms with Crippen molar-refractivity contribution in [2.75, 3.05) is 12.0 Å². The minimum absolute atomic E-state index is 0.567. The molecule has 0 fully saturated rings. The Bertz CT molecular complexity index is 450. The fourth-order valence-electron chi connectivity index (χ4n) is 1.81. The molecule has 86 valence electrons. The number of hydrogen-bond donors (Lipinski definition) is 2. The molecule has 0 aliphatic carbocycles. The predicted molar refractivity (Wildman–Crippen MR) is 73.0 cm³/mol. The van der Waals surface area contributed by atoms with E-state index in [1.165, 1.54) is 16.5 Å². The molecule has 2 N–H and O–H groups in total. The first-order valence-electron chi connectivity index (χ1n) is 5.58. The molecule has 2 aromatic rings. The molecule has 1 heterocycles. The Labute approximate surface area is 101 Å². The molecular formula is C13H18N2S. The van der Waals surface area contributed by atoms with Gasteiger partial charge in [-0.05, 0) is 42.3 Å². The van der Waals surface area contributed by atoms with E-state index in [0.717, 1.165) is 12.3 Å². The SMILES string of the molecule is CSCC(C)NCc1ccc2[nH]ccc2c1. The van der Waals surface area contributed by atoms with Crippen LogP contribution < -0.4 is 5.32 Å². The first-order valence-corrected chi connectivity index (χ1v) is 6.97. The molecule has 0 bridgehead atoms. The molecule has 1 unspecified atom stereocenters. The molecule has 3 heteroatoms. The third kappa shape index (κ3) is 2.80. The monoisotopic (exact) mass is 234 g/mol. The third-order valence-electron chi connectivity index (χ3n) is 2.69. The topological polar surface area (TPSA) is 27.8 Å². The lowest BCUT2D eigenvalue weighted by Gasteiger charge is -2.12. The number of nitrogens with one attached hydrogen (secondary N) is 2. The van der Waals surface area contributed by atoms with Crippen molar-refractivity contribution in [2.45, 2.75) is 19.5 Å². The Hall–Kier alpha value is -0.930. The Morgan fingerprint density at radius 3 is 3.06 bits per heavy atom. The highest BCUT2D eigenvalue weighted by atomic mass is 32.2. The van der Waals surface area contributed by atoms with Crippen LogP contribution in [0.15, 0.2) is 30.5 Å². The van der Waals surface area contributed by atoms with Gasteiger partial charge in [0.1, 0.15) is 0 Å². The van der Waals surface area contributed by atoms with Gasteiger partial charge in [-0.3, -0.25) is 0 Å². The van der Waals surface area contributed by atoms with Crippen LogP contribution in [0.5, 0.6) is 0 Å². The number of thioether (sulfide) groups is 1. The maximum absolute atomic E-state index is 3.53. The van der Waals surface area contributed by atoms with Crippen molar-refractivity contribution in [3.05, 3.63) is 36.0 Å². The van der Waals surface area contributed by atoms with Crippen LogP contribution in [-0.2, 0) is 6.54 Å². The van der Waals surface area contributed by atoms with Crippen LogP contribution in [-0.4, -0.2) is 23.0 Å². The van der Waals surface area contributed by atoms with Crippen molar-refractivity contribution in [1.82, 2.24) is 10.3 Å². The van der Waals surface area contributed by atoms with E-state index in [9.17, 15) is 0 Å². The molecule has 1 aromatic heterocycles. The van der Waals surface area contributed by atoms with Gasteiger partial charge in [-0.25, -0.2) is 0 Å². The van der Waals surface area contributed by atoms with E-state index in [1.807, 2.05) is 18.0 Å². The van der Waals surface area contributed by atoms with Gasteiger partial charge in [0.05, 0.1) is 0 Å². The second-order valence-corrected chi connectivity index (χ2v) is 5.05. The molecule has 16 heavy (non-hydrogen) atoms. The number of hydrogen-bond acceptors (Lipinski definition) is 2. The van der Waals surface area contributed by atoms with Crippen LogP contribution >= 0.6 is 11.8 Å². The Kier molecular flexibility index (Phi) is 3.91. The van der Waals surface area contributed by atoms with Crippen LogP contribution in [0.25, 0.3) is 10.9 Å². The quantitative estimate of drug-likeness (QED) is 0.832. The van der Waals surface area contributed by atoms with Gasteiger partial charge in [0.2, 0.25) is 0 Å². The van der Waals surface area contributed by atoms with Crippen molar-refractivity contribution < 1.29 is 0 Å². The minimum Gasteiger partial charge on any atom is -0.361 e. The van der Waals surface area contributed by atoms with E-state index in [2.05, 4.69) is 47.7 Å². The molecule has 2 nitrogen and oxygen atoms in total. The van der Waals surface area contributed by atoms with Crippen molar-refractivity contribution in [1.29, 1.82) is 0 Å². The van der Waals surface area contributed by atoms with E-state index in [4.69, 9.17) is 0 Å². The number of aromatic nitrogens is 1. The van der Waals surface area contributed by atoms with Crippen molar-refractivity contribution in [3.63, 3.8) is 0 Å². The summed E-state index contributed by atoms with van der Waals surface area (Å²) in [5.41, 5.74) is 2.56. The second kappa shape index (κ2) is 5.41. The van der Waals surface area contributed by atoms with E-state index >= 15 is 0 Å². The Morgan fingerprint density at radius 2 is 2.25 bits per heavy atom. The standard InChI is InChI=1S/C13H18N2S/c1-10(9-16-2)15-8-11-3-4-13-12(7-11)5-6-14-13/h3-7,10,14-15H,8-9H2,1-2H3. The van der Waals surface area contributed by atoms with Crippen LogP contribution in [0, 0.1) is 0 Å². The van der Waals surface area contributed by atoms with Crippen LogP contribution in [0.4, 0.5) is 0 Å². The van der Waals surface area contributed by atoms with Gasteiger partial charge in [-0.15, -0.1) is 0 Å². The molecule has 1 atom stereocenters. The molecule has 0 saturated carbocycles. The van der Waals surface area contributed by atoms with E-state index in [-0.39, 0.29) is 0 Å². The average Bonchev–Trinajstić information content (AvgIpc) is 2.74. The van der Waals surface area contributed by atoms with Crippen molar-refractivity contribution >= 4 is 22.7 Å². The van der Waals surface area contributed by atoms with E-state index in [1.54, 1.807) is 0 Å². The number of fused-ring (bicyclic) bond motifs is 1. The molecule has 0 saturated heterocycles. The van der Waals surface area contributed by atoms with E-state index in [0.29, 0.717) is 6.04 Å². The smallest absolute Gasteiger partial charge is 0.0454 e. The highest BCUT2D eigenvalue weighted by Crippen LogP contribution is 2.14. The zero-order valence-corrected chi connectivity index (χ0v) is 10.6. The van der Waals surface area contributed by atoms with Crippen LogP contribution in [0.2, 0.25) is 0 Å². The molecule has 0 spiro atoms. The fraction of sp³-hybridized carbons (Fsp3) is 0.385. The lowest BCUT2D eigenvalue weighted by molar-refractivity contribution is 0.596. The number of H-pyrrole nitrogens is 1. The molecule has 2 rings (SSSR count). The molecule has 0 aliphatic rings. The lowest BCUT2D eigenvalue weighted by Crippen LogP contribution is -2.27. The van der Waals surface area contributed by atoms with Crippen molar-refractivity contribution in [3.8, 4) is 0 Å². The van der Waals surface area contributed by atoms with Gasteiger partial charge >= 0.3 is 0 Å². The maximum atomic E-state index is 3.53. The molecule has 0 radical (unpaired) electrons. The predicted octanol–water partition coefficient (Wildman–Crippen LogP) is 3.01. The number of rotatable bonds is 5. The summed E-state index contributed by atoms with van der Waals surface area (Å²) in [5.74, 6) is 1.16. The maximum Gasteiger partial charge on any atom is 0.0454 e. The minimum atomic E-state index is 0.567. The van der Waals surface area contributed by atoms with Gasteiger partial charge in [0.25, 0.3) is 0 Å². The summed E-state index contributed by atoms with van der Waals surface area (Å²) < 4.78 is 0. The molecule has 1 aromatic carbocycles. The van der Waals surface area contributed by atoms with Crippen molar-refractivity contribution in [2.24, 2.45) is 0 Å². The Balaban J connectivity index is 1.98. The fourth-order valence-corrected chi connectivity index (χ4v) is 2.43. The summed E-state index contributed by atoms with van der Waals surface area (Å²) in [7, 11) is 0. The van der Waals surface area contributed by atoms with Gasteiger partial charge in [-0.2, -0.15) is 11.8 Å². The summed E-state index contributed by atoms with van der Waals surface area (Å²) in [6.45, 7) is 3.17. The summed E-state index contributed by atoms with van der Waals surface area (Å²) in [6.07, 6.45) is 4.13. The van der Waals surface area contributed by atoms with Gasteiger partial charge in [0, 0.05) is 30.1 Å². The summed E-state index contributed by atoms with van der Waals surface area (Å²) in [6, 6.07) is 9.25. The average molecular weight is 234 g/mol. The Morgan fingerprint density at radius 1 is 1.38 bits per heavy atom. The highest BCUT2D eigenvalue weighted by molar-refractivity contribution is 7.98.